The fourth-order valence-electron chi connectivity index (χ4n) is 2.38. The van der Waals surface area contributed by atoms with Crippen LogP contribution in [-0.4, -0.2) is 20.1 Å². The van der Waals surface area contributed by atoms with E-state index < -0.39 is 10.0 Å². The van der Waals surface area contributed by atoms with Gasteiger partial charge in [-0.2, -0.15) is 0 Å². The first-order chi connectivity index (χ1) is 12.0. The van der Waals surface area contributed by atoms with Gasteiger partial charge in [0.25, 0.3) is 0 Å². The molecule has 5 nitrogen and oxygen atoms in total. The van der Waals surface area contributed by atoms with Gasteiger partial charge in [0.05, 0.1) is 10.6 Å². The molecule has 0 aliphatic rings. The molecule has 0 saturated heterocycles. The number of carbonyl (C=O) groups excluding carboxylic acids is 1. The number of benzene rings is 2. The van der Waals surface area contributed by atoms with Crippen molar-refractivity contribution in [3.05, 3.63) is 53.6 Å². The van der Waals surface area contributed by atoms with Gasteiger partial charge in [-0.15, -0.1) is 11.8 Å². The minimum Gasteiger partial charge on any atom is -0.325 e. The van der Waals surface area contributed by atoms with Crippen LogP contribution in [0.5, 0.6) is 0 Å². The molecule has 0 unspecified atom stereocenters. The molecule has 3 N–H and O–H groups in total. The third-order valence-electron chi connectivity index (χ3n) is 3.87. The van der Waals surface area contributed by atoms with Crippen LogP contribution in [0.15, 0.2) is 52.3 Å². The second kappa shape index (κ2) is 7.82. The normalized spacial score (nSPS) is 12.0. The quantitative estimate of drug-likeness (QED) is 0.760. The maximum atomic E-state index is 12.1. The number of rotatable bonds is 5. The Labute approximate surface area is 159 Å². The van der Waals surface area contributed by atoms with Gasteiger partial charge in [0.2, 0.25) is 15.9 Å². The summed E-state index contributed by atoms with van der Waals surface area (Å²) >= 11 is 1.43. The number of nitrogens with two attached hydrogens (primary N) is 1. The highest BCUT2D eigenvalue weighted by atomic mass is 32.2. The van der Waals surface area contributed by atoms with E-state index in [9.17, 15) is 13.2 Å². The lowest BCUT2D eigenvalue weighted by atomic mass is 9.87. The van der Waals surface area contributed by atoms with Crippen LogP contribution in [0, 0.1) is 6.92 Å². The van der Waals surface area contributed by atoms with Crippen LogP contribution in [0.4, 0.5) is 5.69 Å². The van der Waals surface area contributed by atoms with Crippen LogP contribution in [0.3, 0.4) is 0 Å². The maximum Gasteiger partial charge on any atom is 0.238 e. The van der Waals surface area contributed by atoms with E-state index in [0.29, 0.717) is 11.3 Å². The molecule has 140 valence electrons. The average Bonchev–Trinajstić information content (AvgIpc) is 2.53. The predicted octanol–water partition coefficient (Wildman–Crippen LogP) is 3.67. The molecule has 0 aliphatic heterocycles. The van der Waals surface area contributed by atoms with Gasteiger partial charge in [-0.05, 0) is 47.7 Å². The average molecular weight is 393 g/mol. The molecule has 26 heavy (non-hydrogen) atoms. The second-order valence-electron chi connectivity index (χ2n) is 7.14. The van der Waals surface area contributed by atoms with E-state index >= 15 is 0 Å². The molecule has 2 aromatic rings. The van der Waals surface area contributed by atoms with E-state index in [0.717, 1.165) is 4.90 Å². The number of hydrogen-bond donors (Lipinski definition) is 2. The summed E-state index contributed by atoms with van der Waals surface area (Å²) in [5.41, 5.74) is 2.28. The predicted molar refractivity (Wildman–Crippen MR) is 107 cm³/mol. The number of anilines is 1. The van der Waals surface area contributed by atoms with Gasteiger partial charge in [-0.3, -0.25) is 4.79 Å². The van der Waals surface area contributed by atoms with Crippen molar-refractivity contribution in [1.29, 1.82) is 0 Å². The zero-order valence-electron chi connectivity index (χ0n) is 15.4. The summed E-state index contributed by atoms with van der Waals surface area (Å²) in [6.07, 6.45) is 0. The summed E-state index contributed by atoms with van der Waals surface area (Å²) < 4.78 is 23.1. The topological polar surface area (TPSA) is 89.3 Å². The molecule has 0 aromatic heterocycles. The van der Waals surface area contributed by atoms with Gasteiger partial charge in [0.15, 0.2) is 0 Å². The van der Waals surface area contributed by atoms with Crippen molar-refractivity contribution < 1.29 is 13.2 Å². The summed E-state index contributed by atoms with van der Waals surface area (Å²) in [4.78, 5) is 13.2. The van der Waals surface area contributed by atoms with Gasteiger partial charge >= 0.3 is 0 Å². The molecule has 2 rings (SSSR count). The highest BCUT2D eigenvalue weighted by molar-refractivity contribution is 8.00. The minimum absolute atomic E-state index is 0.0146. The Morgan fingerprint density at radius 3 is 2.27 bits per heavy atom. The summed E-state index contributed by atoms with van der Waals surface area (Å²) in [6, 6.07) is 12.8. The monoisotopic (exact) mass is 392 g/mol. The lowest BCUT2D eigenvalue weighted by molar-refractivity contribution is -0.113. The third kappa shape index (κ3) is 5.59. The van der Waals surface area contributed by atoms with Crippen molar-refractivity contribution >= 4 is 33.4 Å². The Hall–Kier alpha value is -1.83. The van der Waals surface area contributed by atoms with Gasteiger partial charge < -0.3 is 5.32 Å². The fraction of sp³-hybridized carbons (Fsp3) is 0.316. The Morgan fingerprint density at radius 1 is 1.12 bits per heavy atom. The van der Waals surface area contributed by atoms with Crippen molar-refractivity contribution in [2.45, 2.75) is 42.9 Å². The number of hydrogen-bond acceptors (Lipinski definition) is 4. The van der Waals surface area contributed by atoms with Gasteiger partial charge in [-0.25, -0.2) is 13.6 Å². The molecule has 0 fully saturated rings. The molecule has 0 spiro atoms. The highest BCUT2D eigenvalue weighted by Crippen LogP contribution is 2.26. The number of primary sulfonamides is 1. The smallest absolute Gasteiger partial charge is 0.238 e. The molecule has 0 heterocycles. The van der Waals surface area contributed by atoms with Crippen molar-refractivity contribution in [2.24, 2.45) is 5.14 Å². The molecule has 7 heteroatoms. The number of carbonyl (C=O) groups is 1. The second-order valence-corrected chi connectivity index (χ2v) is 9.72. The van der Waals surface area contributed by atoms with E-state index in [2.05, 4.69) is 38.2 Å². The molecular formula is C19H24N2O3S2. The first kappa shape index (κ1) is 20.5. The van der Waals surface area contributed by atoms with Crippen LogP contribution in [0.25, 0.3) is 0 Å². The first-order valence-electron chi connectivity index (χ1n) is 8.13. The highest BCUT2D eigenvalue weighted by Gasteiger charge is 2.14. The van der Waals surface area contributed by atoms with E-state index in [4.69, 9.17) is 5.14 Å². The van der Waals surface area contributed by atoms with Crippen molar-refractivity contribution in [1.82, 2.24) is 0 Å². The summed E-state index contributed by atoms with van der Waals surface area (Å²) in [5, 5.41) is 7.90. The van der Waals surface area contributed by atoms with Crippen LogP contribution < -0.4 is 10.5 Å². The summed E-state index contributed by atoms with van der Waals surface area (Å²) in [5.74, 6) is 0.0205. The van der Waals surface area contributed by atoms with Crippen molar-refractivity contribution in [3.8, 4) is 0 Å². The fourth-order valence-corrected chi connectivity index (χ4v) is 3.89. The van der Waals surface area contributed by atoms with Crippen LogP contribution in [-0.2, 0) is 20.2 Å². The molecule has 0 aliphatic carbocycles. The minimum atomic E-state index is -3.82. The third-order valence-corrected chi connectivity index (χ3v) is 5.93. The Balaban J connectivity index is 1.99. The van der Waals surface area contributed by atoms with E-state index in [1.54, 1.807) is 19.1 Å². The molecule has 1 amide bonds. The largest absolute Gasteiger partial charge is 0.325 e. The zero-order chi connectivity index (χ0) is 19.5. The number of aryl methyl sites for hydroxylation is 1. The van der Waals surface area contributed by atoms with Crippen LogP contribution in [0.2, 0.25) is 0 Å². The Bertz CT molecular complexity index is 899. The van der Waals surface area contributed by atoms with Crippen molar-refractivity contribution in [2.75, 3.05) is 11.1 Å². The summed E-state index contributed by atoms with van der Waals surface area (Å²) in [6.45, 7) is 8.11. The number of sulfonamides is 1. The summed E-state index contributed by atoms with van der Waals surface area (Å²) in [7, 11) is -3.82. The van der Waals surface area contributed by atoms with E-state index in [1.165, 1.54) is 23.4 Å². The molecular weight excluding hydrogens is 368 g/mol. The zero-order valence-corrected chi connectivity index (χ0v) is 17.0. The van der Waals surface area contributed by atoms with Gasteiger partial charge in [0, 0.05) is 10.6 Å². The van der Waals surface area contributed by atoms with Gasteiger partial charge in [-0.1, -0.05) is 39.0 Å². The maximum absolute atomic E-state index is 12.1. The first-order valence-corrected chi connectivity index (χ1v) is 10.7. The Kier molecular flexibility index (Phi) is 6.16. The lowest BCUT2D eigenvalue weighted by Gasteiger charge is -2.19. The molecule has 0 atom stereocenters. The number of amides is 1. The van der Waals surface area contributed by atoms with Crippen molar-refractivity contribution in [3.63, 3.8) is 0 Å². The van der Waals surface area contributed by atoms with Crippen LogP contribution >= 0.6 is 11.8 Å². The lowest BCUT2D eigenvalue weighted by Crippen LogP contribution is -2.17. The molecule has 2 aromatic carbocycles. The number of thioether (sulfide) groups is 1. The SMILES string of the molecule is Cc1ccc(NC(=O)CSc2ccc(C(C)(C)C)cc2)cc1S(N)(=O)=O. The standard InChI is InChI=1S/C19H24N2O3S2/c1-13-5-8-15(11-17(13)26(20,23)24)21-18(22)12-25-16-9-6-14(7-10-16)19(2,3)4/h5-11H,12H2,1-4H3,(H,21,22)(H2,20,23,24). The number of nitrogens with one attached hydrogen (secondary N) is 1. The molecule has 0 bridgehead atoms. The molecule has 0 saturated carbocycles. The van der Waals surface area contributed by atoms with E-state index in [-0.39, 0.29) is 22.0 Å². The van der Waals surface area contributed by atoms with Gasteiger partial charge in [0.1, 0.15) is 0 Å². The van der Waals surface area contributed by atoms with E-state index in [1.807, 2.05) is 12.1 Å². The molecule has 0 radical (unpaired) electrons. The van der Waals surface area contributed by atoms with Crippen LogP contribution in [0.1, 0.15) is 31.9 Å². The Morgan fingerprint density at radius 2 is 1.73 bits per heavy atom.